The number of hydrogen-bond donors (Lipinski definition) is 1. The molecule has 0 aliphatic heterocycles. The lowest BCUT2D eigenvalue weighted by Gasteiger charge is -2.11. The van der Waals surface area contributed by atoms with Gasteiger partial charge in [0.15, 0.2) is 5.76 Å². The van der Waals surface area contributed by atoms with E-state index < -0.39 is 0 Å². The van der Waals surface area contributed by atoms with Gasteiger partial charge in [-0.3, -0.25) is 0 Å². The number of benzene rings is 1. The maximum Gasteiger partial charge on any atom is 0.336 e. The van der Waals surface area contributed by atoms with Gasteiger partial charge in [-0.05, 0) is 44.0 Å². The Labute approximate surface area is 128 Å². The number of furan rings is 1. The Kier molecular flexibility index (Phi) is 3.86. The van der Waals surface area contributed by atoms with Crippen LogP contribution in [0.1, 0.15) is 35.4 Å². The fraction of sp³-hybridized carbons (Fsp3) is 0.278. The molecule has 0 unspecified atom stereocenters. The van der Waals surface area contributed by atoms with Crippen molar-refractivity contribution in [2.24, 2.45) is 0 Å². The quantitative estimate of drug-likeness (QED) is 0.753. The summed E-state index contributed by atoms with van der Waals surface area (Å²) in [7, 11) is 0. The molecule has 0 bridgehead atoms. The second-order valence-corrected chi connectivity index (χ2v) is 5.72. The van der Waals surface area contributed by atoms with Crippen LogP contribution in [0.3, 0.4) is 0 Å². The highest BCUT2D eigenvalue weighted by molar-refractivity contribution is 5.83. The van der Waals surface area contributed by atoms with E-state index in [0.717, 1.165) is 27.8 Å². The molecule has 114 valence electrons. The van der Waals surface area contributed by atoms with Crippen molar-refractivity contribution >= 4 is 11.0 Å². The third-order valence-electron chi connectivity index (χ3n) is 4.20. The zero-order valence-electron chi connectivity index (χ0n) is 13.1. The maximum absolute atomic E-state index is 11.8. The average molecular weight is 298 g/mol. The lowest BCUT2D eigenvalue weighted by molar-refractivity contribution is -0.709. The van der Waals surface area contributed by atoms with Crippen LogP contribution in [0.4, 0.5) is 0 Å². The summed E-state index contributed by atoms with van der Waals surface area (Å²) in [6.07, 6.45) is 1.68. The number of rotatable bonds is 4. The first kappa shape index (κ1) is 14.6. The Balaban J connectivity index is 1.94. The highest BCUT2D eigenvalue weighted by Crippen LogP contribution is 2.22. The molecular weight excluding hydrogens is 278 g/mol. The highest BCUT2D eigenvalue weighted by atomic mass is 16.4. The van der Waals surface area contributed by atoms with E-state index in [0.29, 0.717) is 12.1 Å². The minimum atomic E-state index is -0.296. The minimum Gasteiger partial charge on any atom is -0.463 e. The smallest absolute Gasteiger partial charge is 0.336 e. The Morgan fingerprint density at radius 3 is 2.77 bits per heavy atom. The van der Waals surface area contributed by atoms with Crippen molar-refractivity contribution in [3.8, 4) is 0 Å². The number of aryl methyl sites for hydroxylation is 2. The van der Waals surface area contributed by atoms with Crippen LogP contribution >= 0.6 is 0 Å². The highest BCUT2D eigenvalue weighted by Gasteiger charge is 2.14. The Morgan fingerprint density at radius 2 is 2.05 bits per heavy atom. The predicted molar refractivity (Wildman–Crippen MR) is 84.7 cm³/mol. The van der Waals surface area contributed by atoms with E-state index in [4.69, 9.17) is 8.83 Å². The normalized spacial score (nSPS) is 12.7. The minimum absolute atomic E-state index is 0.198. The zero-order chi connectivity index (χ0) is 15.7. The molecule has 4 heteroatoms. The van der Waals surface area contributed by atoms with Crippen molar-refractivity contribution in [3.63, 3.8) is 0 Å². The van der Waals surface area contributed by atoms with Crippen LogP contribution < -0.4 is 10.9 Å². The van der Waals surface area contributed by atoms with Crippen LogP contribution in [0.2, 0.25) is 0 Å². The number of fused-ring (bicyclic) bond motifs is 1. The second-order valence-electron chi connectivity index (χ2n) is 5.72. The molecule has 3 aromatic rings. The summed E-state index contributed by atoms with van der Waals surface area (Å²) in [5.41, 5.74) is 3.54. The number of hydrogen-bond acceptors (Lipinski definition) is 3. The average Bonchev–Trinajstić information content (AvgIpc) is 3.03. The molecule has 3 rings (SSSR count). The van der Waals surface area contributed by atoms with Crippen LogP contribution in [0.5, 0.6) is 0 Å². The van der Waals surface area contributed by atoms with Gasteiger partial charge in [0, 0.05) is 17.0 Å². The first-order chi connectivity index (χ1) is 10.6. The molecule has 0 saturated carbocycles. The molecule has 0 aliphatic carbocycles. The fourth-order valence-electron chi connectivity index (χ4n) is 2.66. The molecule has 2 aromatic heterocycles. The summed E-state index contributed by atoms with van der Waals surface area (Å²) in [5.74, 6) is 0.930. The molecule has 4 nitrogen and oxygen atoms in total. The van der Waals surface area contributed by atoms with Crippen molar-refractivity contribution in [2.75, 3.05) is 0 Å². The lowest BCUT2D eigenvalue weighted by atomic mass is 10.0. The van der Waals surface area contributed by atoms with Gasteiger partial charge >= 0.3 is 5.63 Å². The SMILES string of the molecule is Cc1ccc2c(C[NH2+][C@@H](C)c3ccco3)cc(=O)oc2c1C. The van der Waals surface area contributed by atoms with Gasteiger partial charge in [-0.15, -0.1) is 0 Å². The van der Waals surface area contributed by atoms with Gasteiger partial charge in [0.25, 0.3) is 0 Å². The summed E-state index contributed by atoms with van der Waals surface area (Å²) < 4.78 is 10.8. The second kappa shape index (κ2) is 5.81. The number of quaternary nitrogens is 1. The van der Waals surface area contributed by atoms with Gasteiger partial charge in [-0.25, -0.2) is 4.79 Å². The monoisotopic (exact) mass is 298 g/mol. The van der Waals surface area contributed by atoms with E-state index in [-0.39, 0.29) is 11.7 Å². The number of nitrogens with two attached hydrogens (primary N) is 1. The standard InChI is InChI=1S/C18H19NO3/c1-11-6-7-15-14(9-17(20)22-18(15)12(11)2)10-19-13(3)16-5-4-8-21-16/h4-9,13,19H,10H2,1-3H3/p+1/t13-/m0/s1. The van der Waals surface area contributed by atoms with E-state index in [1.54, 1.807) is 12.3 Å². The van der Waals surface area contributed by atoms with Gasteiger partial charge in [-0.2, -0.15) is 0 Å². The molecule has 1 aromatic carbocycles. The van der Waals surface area contributed by atoms with E-state index in [2.05, 4.69) is 18.3 Å². The molecular formula is C18H20NO3+. The summed E-state index contributed by atoms with van der Waals surface area (Å²) in [6, 6.07) is 9.73. The molecule has 0 amide bonds. The first-order valence-electron chi connectivity index (χ1n) is 7.46. The van der Waals surface area contributed by atoms with E-state index in [9.17, 15) is 4.79 Å². The molecule has 0 radical (unpaired) electrons. The maximum atomic E-state index is 11.8. The third-order valence-corrected chi connectivity index (χ3v) is 4.20. The Bertz CT molecular complexity index is 847. The van der Waals surface area contributed by atoms with Crippen molar-refractivity contribution in [1.82, 2.24) is 0 Å². The van der Waals surface area contributed by atoms with Gasteiger partial charge in [0.05, 0.1) is 6.26 Å². The fourth-order valence-corrected chi connectivity index (χ4v) is 2.66. The van der Waals surface area contributed by atoms with Crippen LogP contribution in [-0.4, -0.2) is 0 Å². The van der Waals surface area contributed by atoms with E-state index in [1.807, 2.05) is 32.0 Å². The molecule has 0 saturated heterocycles. The lowest BCUT2D eigenvalue weighted by Crippen LogP contribution is -2.83. The molecule has 1 atom stereocenters. The van der Waals surface area contributed by atoms with Gasteiger partial charge in [0.1, 0.15) is 18.2 Å². The summed E-state index contributed by atoms with van der Waals surface area (Å²) >= 11 is 0. The molecule has 2 heterocycles. The topological polar surface area (TPSA) is 60.0 Å². The molecule has 22 heavy (non-hydrogen) atoms. The summed E-state index contributed by atoms with van der Waals surface area (Å²) in [6.45, 7) is 6.79. The first-order valence-corrected chi connectivity index (χ1v) is 7.46. The van der Waals surface area contributed by atoms with Crippen molar-refractivity contribution in [3.05, 3.63) is 69.5 Å². The Hall–Kier alpha value is -2.33. The zero-order valence-corrected chi connectivity index (χ0v) is 13.1. The van der Waals surface area contributed by atoms with E-state index in [1.165, 1.54) is 0 Å². The Morgan fingerprint density at radius 1 is 1.23 bits per heavy atom. The third kappa shape index (κ3) is 2.70. The van der Waals surface area contributed by atoms with Crippen LogP contribution in [0.25, 0.3) is 11.0 Å². The predicted octanol–water partition coefficient (Wildman–Crippen LogP) is 2.83. The summed E-state index contributed by atoms with van der Waals surface area (Å²) in [5, 5.41) is 3.16. The van der Waals surface area contributed by atoms with E-state index >= 15 is 0 Å². The van der Waals surface area contributed by atoms with Crippen molar-refractivity contribution in [2.45, 2.75) is 33.4 Å². The molecule has 0 spiro atoms. The van der Waals surface area contributed by atoms with Crippen LogP contribution in [0.15, 0.2) is 50.2 Å². The molecule has 2 N–H and O–H groups in total. The largest absolute Gasteiger partial charge is 0.463 e. The van der Waals surface area contributed by atoms with Gasteiger partial charge < -0.3 is 14.2 Å². The van der Waals surface area contributed by atoms with Crippen molar-refractivity contribution < 1.29 is 14.2 Å². The van der Waals surface area contributed by atoms with Crippen molar-refractivity contribution in [1.29, 1.82) is 0 Å². The molecule has 0 fully saturated rings. The van der Waals surface area contributed by atoms with Crippen LogP contribution in [0, 0.1) is 13.8 Å². The summed E-state index contributed by atoms with van der Waals surface area (Å²) in [4.78, 5) is 11.8. The molecule has 0 aliphatic rings. The van der Waals surface area contributed by atoms with Gasteiger partial charge in [0.2, 0.25) is 0 Å². The van der Waals surface area contributed by atoms with Crippen LogP contribution in [-0.2, 0) is 6.54 Å². The van der Waals surface area contributed by atoms with Gasteiger partial charge in [-0.1, -0.05) is 12.1 Å².